The Bertz CT molecular complexity index is 560. The molecule has 0 unspecified atom stereocenters. The minimum Gasteiger partial charge on any atom is -0.310 e. The Labute approximate surface area is 132 Å². The van der Waals surface area contributed by atoms with Crippen molar-refractivity contribution in [2.24, 2.45) is 5.41 Å². The van der Waals surface area contributed by atoms with Gasteiger partial charge in [0.05, 0.1) is 0 Å². The molecule has 0 bridgehead atoms. The molecule has 1 fully saturated rings. The minimum absolute atomic E-state index is 0.237. The van der Waals surface area contributed by atoms with Gasteiger partial charge in [0.2, 0.25) is 10.0 Å². The molecule has 21 heavy (non-hydrogen) atoms. The molecule has 2 rings (SSSR count). The van der Waals surface area contributed by atoms with Crippen molar-refractivity contribution in [2.45, 2.75) is 63.3 Å². The van der Waals surface area contributed by atoms with E-state index in [-0.39, 0.29) is 5.41 Å². The van der Waals surface area contributed by atoms with Gasteiger partial charge < -0.3 is 5.32 Å². The lowest BCUT2D eigenvalue weighted by atomic mass is 10.0. The standard InChI is InChI=1S/C15H26N2O2S2/c1-4-5-15(6-7-15)11-17-21(18,19)14-8-13(10-20-14)9-16-12(2)3/h8,10,12,16-17H,4-7,9,11H2,1-3H3. The van der Waals surface area contributed by atoms with Crippen molar-refractivity contribution in [1.82, 2.24) is 10.0 Å². The molecule has 120 valence electrons. The second-order valence-electron chi connectivity index (χ2n) is 6.38. The number of thiophene rings is 1. The molecule has 0 aromatic carbocycles. The molecule has 1 heterocycles. The predicted octanol–water partition coefficient (Wildman–Crippen LogP) is 3.10. The van der Waals surface area contributed by atoms with E-state index < -0.39 is 10.0 Å². The summed E-state index contributed by atoms with van der Waals surface area (Å²) in [6.07, 6.45) is 4.53. The highest BCUT2D eigenvalue weighted by Crippen LogP contribution is 2.49. The van der Waals surface area contributed by atoms with Crippen LogP contribution in [0.25, 0.3) is 0 Å². The Balaban J connectivity index is 1.93. The molecule has 2 N–H and O–H groups in total. The van der Waals surface area contributed by atoms with Crippen molar-refractivity contribution in [2.75, 3.05) is 6.54 Å². The molecule has 1 aliphatic carbocycles. The Hall–Kier alpha value is -0.430. The van der Waals surface area contributed by atoms with Crippen molar-refractivity contribution in [1.29, 1.82) is 0 Å². The van der Waals surface area contributed by atoms with Gasteiger partial charge in [0.15, 0.2) is 0 Å². The number of nitrogens with one attached hydrogen (secondary N) is 2. The van der Waals surface area contributed by atoms with E-state index in [9.17, 15) is 8.42 Å². The van der Waals surface area contributed by atoms with E-state index in [0.29, 0.717) is 23.3 Å². The smallest absolute Gasteiger partial charge is 0.250 e. The first kappa shape index (κ1) is 16.9. The average molecular weight is 331 g/mol. The van der Waals surface area contributed by atoms with Gasteiger partial charge in [0.25, 0.3) is 0 Å². The fraction of sp³-hybridized carbons (Fsp3) is 0.733. The molecule has 0 saturated heterocycles. The van der Waals surface area contributed by atoms with E-state index in [0.717, 1.165) is 31.2 Å². The van der Waals surface area contributed by atoms with E-state index in [2.05, 4.69) is 30.8 Å². The largest absolute Gasteiger partial charge is 0.310 e. The third-order valence-corrected chi connectivity index (χ3v) is 6.87. The van der Waals surface area contributed by atoms with Crippen LogP contribution < -0.4 is 10.0 Å². The zero-order valence-corrected chi connectivity index (χ0v) is 14.7. The van der Waals surface area contributed by atoms with E-state index in [1.807, 2.05) is 5.38 Å². The second kappa shape index (κ2) is 6.77. The van der Waals surface area contributed by atoms with Crippen molar-refractivity contribution in [3.05, 3.63) is 17.0 Å². The predicted molar refractivity (Wildman–Crippen MR) is 88.1 cm³/mol. The van der Waals surface area contributed by atoms with Crippen LogP contribution in [0.4, 0.5) is 0 Å². The molecule has 0 spiro atoms. The van der Waals surface area contributed by atoms with Crippen LogP contribution in [-0.4, -0.2) is 21.0 Å². The van der Waals surface area contributed by atoms with Crippen molar-refractivity contribution in [3.63, 3.8) is 0 Å². The molecule has 0 amide bonds. The molecule has 0 radical (unpaired) electrons. The summed E-state index contributed by atoms with van der Waals surface area (Å²) in [4.78, 5) is 0. The monoisotopic (exact) mass is 330 g/mol. The lowest BCUT2D eigenvalue weighted by Crippen LogP contribution is -2.29. The summed E-state index contributed by atoms with van der Waals surface area (Å²) in [6, 6.07) is 2.17. The molecular weight excluding hydrogens is 304 g/mol. The average Bonchev–Trinajstić information content (AvgIpc) is 3.01. The third-order valence-electron chi connectivity index (χ3n) is 3.98. The Morgan fingerprint density at radius 2 is 2.10 bits per heavy atom. The van der Waals surface area contributed by atoms with Gasteiger partial charge in [-0.05, 0) is 41.7 Å². The summed E-state index contributed by atoms with van der Waals surface area (Å²) < 4.78 is 27.9. The lowest BCUT2D eigenvalue weighted by molar-refractivity contribution is 0.449. The second-order valence-corrected chi connectivity index (χ2v) is 9.29. The molecule has 1 aliphatic rings. The SMILES string of the molecule is CCCC1(CNS(=O)(=O)c2cc(CNC(C)C)cs2)CC1. The molecule has 0 atom stereocenters. The number of sulfonamides is 1. The first-order valence-electron chi connectivity index (χ1n) is 7.67. The first-order valence-corrected chi connectivity index (χ1v) is 10.0. The van der Waals surface area contributed by atoms with Crippen molar-refractivity contribution in [3.8, 4) is 0 Å². The van der Waals surface area contributed by atoms with Crippen LogP contribution in [0.3, 0.4) is 0 Å². The summed E-state index contributed by atoms with van der Waals surface area (Å²) in [5, 5.41) is 5.22. The van der Waals surface area contributed by atoms with Gasteiger partial charge in [-0.3, -0.25) is 0 Å². The van der Waals surface area contributed by atoms with Gasteiger partial charge in [-0.25, -0.2) is 13.1 Å². The zero-order valence-electron chi connectivity index (χ0n) is 13.1. The highest BCUT2D eigenvalue weighted by atomic mass is 32.2. The third kappa shape index (κ3) is 4.77. The highest BCUT2D eigenvalue weighted by Gasteiger charge is 2.42. The minimum atomic E-state index is -3.35. The number of hydrogen-bond donors (Lipinski definition) is 2. The van der Waals surface area contributed by atoms with Crippen LogP contribution >= 0.6 is 11.3 Å². The van der Waals surface area contributed by atoms with E-state index in [1.54, 1.807) is 6.07 Å². The lowest BCUT2D eigenvalue weighted by Gasteiger charge is -2.14. The van der Waals surface area contributed by atoms with E-state index in [4.69, 9.17) is 0 Å². The number of hydrogen-bond acceptors (Lipinski definition) is 4. The fourth-order valence-corrected chi connectivity index (χ4v) is 4.86. The van der Waals surface area contributed by atoms with Gasteiger partial charge in [-0.1, -0.05) is 27.2 Å². The van der Waals surface area contributed by atoms with Gasteiger partial charge >= 0.3 is 0 Å². The normalized spacial score (nSPS) is 17.3. The van der Waals surface area contributed by atoms with Crippen molar-refractivity contribution < 1.29 is 8.42 Å². The summed E-state index contributed by atoms with van der Waals surface area (Å²) >= 11 is 1.30. The summed E-state index contributed by atoms with van der Waals surface area (Å²) in [6.45, 7) is 7.61. The fourth-order valence-electron chi connectivity index (χ4n) is 2.45. The molecule has 0 aliphatic heterocycles. The molecule has 6 heteroatoms. The maximum Gasteiger partial charge on any atom is 0.250 e. The van der Waals surface area contributed by atoms with Crippen LogP contribution in [0.2, 0.25) is 0 Å². The molecular formula is C15H26N2O2S2. The molecule has 1 saturated carbocycles. The maximum atomic E-state index is 12.3. The van der Waals surface area contributed by atoms with Gasteiger partial charge in [-0.15, -0.1) is 11.3 Å². The quantitative estimate of drug-likeness (QED) is 0.731. The topological polar surface area (TPSA) is 58.2 Å². The summed E-state index contributed by atoms with van der Waals surface area (Å²) in [7, 11) is -3.35. The molecule has 1 aromatic heterocycles. The van der Waals surface area contributed by atoms with Crippen LogP contribution in [0.15, 0.2) is 15.7 Å². The molecule has 1 aromatic rings. The Morgan fingerprint density at radius 3 is 2.67 bits per heavy atom. The van der Waals surface area contributed by atoms with Crippen molar-refractivity contribution >= 4 is 21.4 Å². The maximum absolute atomic E-state index is 12.3. The van der Waals surface area contributed by atoms with Gasteiger partial charge in [0.1, 0.15) is 4.21 Å². The number of rotatable bonds is 9. The summed E-state index contributed by atoms with van der Waals surface area (Å²) in [5.41, 5.74) is 1.27. The first-order chi connectivity index (χ1) is 9.87. The van der Waals surface area contributed by atoms with Crippen LogP contribution in [0.1, 0.15) is 52.0 Å². The van der Waals surface area contributed by atoms with Gasteiger partial charge in [0, 0.05) is 19.1 Å². The van der Waals surface area contributed by atoms with Crippen LogP contribution in [0.5, 0.6) is 0 Å². The van der Waals surface area contributed by atoms with Crippen LogP contribution in [0, 0.1) is 5.41 Å². The van der Waals surface area contributed by atoms with E-state index in [1.165, 1.54) is 11.3 Å². The van der Waals surface area contributed by atoms with Gasteiger partial charge in [-0.2, -0.15) is 0 Å². The Kier molecular flexibility index (Phi) is 5.46. The summed E-state index contributed by atoms with van der Waals surface area (Å²) in [5.74, 6) is 0. The van der Waals surface area contributed by atoms with E-state index >= 15 is 0 Å². The highest BCUT2D eigenvalue weighted by molar-refractivity contribution is 7.91. The zero-order chi connectivity index (χ0) is 15.5. The molecule has 4 nitrogen and oxygen atoms in total. The van der Waals surface area contributed by atoms with Crippen LogP contribution in [-0.2, 0) is 16.6 Å². The Morgan fingerprint density at radius 1 is 1.38 bits per heavy atom.